The SMILES string of the molecule is COc1ccccc1C1=C(SC(C)C)C(=O)N(c2ccc(F)cc2)C1=O. The Labute approximate surface area is 155 Å². The van der Waals surface area contributed by atoms with Gasteiger partial charge in [0.25, 0.3) is 11.8 Å². The number of anilines is 1. The number of benzene rings is 2. The normalized spacial score (nSPS) is 14.6. The van der Waals surface area contributed by atoms with Crippen LogP contribution in [0.1, 0.15) is 19.4 Å². The van der Waals surface area contributed by atoms with Gasteiger partial charge in [-0.2, -0.15) is 0 Å². The molecule has 134 valence electrons. The highest BCUT2D eigenvalue weighted by Crippen LogP contribution is 2.42. The Kier molecular flexibility index (Phi) is 5.13. The Morgan fingerprint density at radius 1 is 1.00 bits per heavy atom. The lowest BCUT2D eigenvalue weighted by molar-refractivity contribution is -0.119. The van der Waals surface area contributed by atoms with E-state index >= 15 is 0 Å². The van der Waals surface area contributed by atoms with Crippen molar-refractivity contribution < 1.29 is 18.7 Å². The Bertz CT molecular complexity index is 890. The average Bonchev–Trinajstić information content (AvgIpc) is 2.85. The number of amides is 2. The molecule has 0 atom stereocenters. The van der Waals surface area contributed by atoms with Crippen LogP contribution in [0.5, 0.6) is 5.75 Å². The smallest absolute Gasteiger partial charge is 0.272 e. The van der Waals surface area contributed by atoms with E-state index in [9.17, 15) is 14.0 Å². The van der Waals surface area contributed by atoms with Crippen molar-refractivity contribution in [3.8, 4) is 5.75 Å². The zero-order valence-corrected chi connectivity index (χ0v) is 15.5. The van der Waals surface area contributed by atoms with Crippen molar-refractivity contribution in [1.29, 1.82) is 0 Å². The molecule has 1 aliphatic rings. The van der Waals surface area contributed by atoms with Crippen LogP contribution < -0.4 is 9.64 Å². The fourth-order valence-electron chi connectivity index (χ4n) is 2.77. The fourth-order valence-corrected chi connectivity index (χ4v) is 3.75. The zero-order chi connectivity index (χ0) is 18.8. The number of hydrogen-bond acceptors (Lipinski definition) is 4. The van der Waals surface area contributed by atoms with Gasteiger partial charge in [0.05, 0.1) is 23.3 Å². The fraction of sp³-hybridized carbons (Fsp3) is 0.200. The van der Waals surface area contributed by atoms with Crippen molar-refractivity contribution in [3.05, 3.63) is 64.8 Å². The van der Waals surface area contributed by atoms with E-state index in [1.165, 1.54) is 43.1 Å². The number of halogens is 1. The molecule has 0 fully saturated rings. The van der Waals surface area contributed by atoms with Gasteiger partial charge in [-0.1, -0.05) is 32.0 Å². The maximum absolute atomic E-state index is 13.2. The van der Waals surface area contributed by atoms with Crippen LogP contribution in [-0.2, 0) is 9.59 Å². The minimum atomic E-state index is -0.436. The molecule has 26 heavy (non-hydrogen) atoms. The highest BCUT2D eigenvalue weighted by molar-refractivity contribution is 8.04. The van der Waals surface area contributed by atoms with E-state index in [1.807, 2.05) is 13.8 Å². The van der Waals surface area contributed by atoms with Crippen molar-refractivity contribution in [2.75, 3.05) is 12.0 Å². The van der Waals surface area contributed by atoms with Gasteiger partial charge in [-0.05, 0) is 30.3 Å². The molecular weight excluding hydrogens is 353 g/mol. The summed E-state index contributed by atoms with van der Waals surface area (Å²) < 4.78 is 18.6. The summed E-state index contributed by atoms with van der Waals surface area (Å²) in [6, 6.07) is 12.4. The summed E-state index contributed by atoms with van der Waals surface area (Å²) in [7, 11) is 1.52. The monoisotopic (exact) mass is 371 g/mol. The number of ether oxygens (including phenoxy) is 1. The maximum Gasteiger partial charge on any atom is 0.272 e. The summed E-state index contributed by atoms with van der Waals surface area (Å²) >= 11 is 1.34. The standard InChI is InChI=1S/C20H18FNO3S/c1-12(2)26-18-17(15-6-4-5-7-16(15)25-3)19(23)22(20(18)24)14-10-8-13(21)9-11-14/h4-12H,1-3H3. The minimum Gasteiger partial charge on any atom is -0.496 e. The lowest BCUT2D eigenvalue weighted by atomic mass is 10.0. The molecule has 2 aromatic carbocycles. The van der Waals surface area contributed by atoms with Crippen LogP contribution in [0.25, 0.3) is 5.57 Å². The number of methoxy groups -OCH3 is 1. The highest BCUT2D eigenvalue weighted by atomic mass is 32.2. The number of thioether (sulfide) groups is 1. The first-order valence-corrected chi connectivity index (χ1v) is 9.00. The number of rotatable bonds is 5. The van der Waals surface area contributed by atoms with E-state index in [4.69, 9.17) is 4.74 Å². The summed E-state index contributed by atoms with van der Waals surface area (Å²) in [4.78, 5) is 27.6. The maximum atomic E-state index is 13.2. The van der Waals surface area contributed by atoms with Crippen LogP contribution >= 0.6 is 11.8 Å². The summed E-state index contributed by atoms with van der Waals surface area (Å²) in [6.07, 6.45) is 0. The van der Waals surface area contributed by atoms with Crippen LogP contribution in [0.2, 0.25) is 0 Å². The Hall–Kier alpha value is -2.60. The third-order valence-electron chi connectivity index (χ3n) is 3.86. The van der Waals surface area contributed by atoms with Gasteiger partial charge >= 0.3 is 0 Å². The first-order valence-electron chi connectivity index (χ1n) is 8.12. The van der Waals surface area contributed by atoms with Crippen LogP contribution in [0.15, 0.2) is 53.4 Å². The van der Waals surface area contributed by atoms with Crippen molar-refractivity contribution >= 4 is 34.8 Å². The number of para-hydroxylation sites is 1. The molecule has 0 saturated heterocycles. The molecule has 0 bridgehead atoms. The summed E-state index contributed by atoms with van der Waals surface area (Å²) in [5, 5.41) is 0.111. The van der Waals surface area contributed by atoms with Gasteiger partial charge in [-0.25, -0.2) is 9.29 Å². The van der Waals surface area contributed by atoms with Crippen LogP contribution in [0, 0.1) is 5.82 Å². The molecule has 6 heteroatoms. The van der Waals surface area contributed by atoms with E-state index < -0.39 is 17.6 Å². The van der Waals surface area contributed by atoms with Crippen molar-refractivity contribution in [2.24, 2.45) is 0 Å². The number of carbonyl (C=O) groups is 2. The second-order valence-corrected chi connectivity index (χ2v) is 7.58. The minimum absolute atomic E-state index is 0.111. The molecule has 2 aromatic rings. The van der Waals surface area contributed by atoms with E-state index in [2.05, 4.69) is 0 Å². The van der Waals surface area contributed by atoms with Crippen LogP contribution in [0.4, 0.5) is 10.1 Å². The number of nitrogens with zero attached hydrogens (tertiary/aromatic N) is 1. The van der Waals surface area contributed by atoms with E-state index in [1.54, 1.807) is 24.3 Å². The molecule has 0 N–H and O–H groups in total. The third-order valence-corrected chi connectivity index (χ3v) is 4.94. The van der Waals surface area contributed by atoms with Gasteiger partial charge in [0, 0.05) is 10.8 Å². The molecule has 0 aromatic heterocycles. The first-order chi connectivity index (χ1) is 12.4. The second-order valence-electron chi connectivity index (χ2n) is 5.99. The van der Waals surface area contributed by atoms with E-state index in [0.29, 0.717) is 27.5 Å². The predicted molar refractivity (Wildman–Crippen MR) is 102 cm³/mol. The molecule has 0 unspecified atom stereocenters. The molecule has 0 aliphatic carbocycles. The van der Waals surface area contributed by atoms with Gasteiger partial charge in [-0.3, -0.25) is 9.59 Å². The number of imide groups is 1. The molecule has 2 amide bonds. The molecule has 1 aliphatic heterocycles. The number of carbonyl (C=O) groups excluding carboxylic acids is 2. The predicted octanol–water partition coefficient (Wildman–Crippen LogP) is 4.26. The molecular formula is C20H18FNO3S. The van der Waals surface area contributed by atoms with Crippen molar-refractivity contribution in [2.45, 2.75) is 19.1 Å². The van der Waals surface area contributed by atoms with Gasteiger partial charge in [-0.15, -0.1) is 11.8 Å². The third kappa shape index (κ3) is 3.24. The van der Waals surface area contributed by atoms with Crippen molar-refractivity contribution in [3.63, 3.8) is 0 Å². The Balaban J connectivity index is 2.14. The van der Waals surface area contributed by atoms with Crippen LogP contribution in [0.3, 0.4) is 0 Å². The molecule has 0 spiro atoms. The summed E-state index contributed by atoms with van der Waals surface area (Å²) in [5.41, 5.74) is 1.23. The topological polar surface area (TPSA) is 46.6 Å². The summed E-state index contributed by atoms with van der Waals surface area (Å²) in [5.74, 6) is -0.746. The highest BCUT2D eigenvalue weighted by Gasteiger charge is 2.41. The largest absolute Gasteiger partial charge is 0.496 e. The van der Waals surface area contributed by atoms with Gasteiger partial charge < -0.3 is 4.74 Å². The average molecular weight is 371 g/mol. The lowest BCUT2D eigenvalue weighted by Gasteiger charge is -2.15. The molecule has 0 saturated carbocycles. The van der Waals surface area contributed by atoms with Crippen LogP contribution in [-0.4, -0.2) is 24.2 Å². The van der Waals surface area contributed by atoms with Gasteiger partial charge in [0.15, 0.2) is 0 Å². The zero-order valence-electron chi connectivity index (χ0n) is 14.7. The second kappa shape index (κ2) is 7.33. The number of hydrogen-bond donors (Lipinski definition) is 0. The van der Waals surface area contributed by atoms with Gasteiger partial charge in [0.1, 0.15) is 11.6 Å². The lowest BCUT2D eigenvalue weighted by Crippen LogP contribution is -2.31. The molecule has 4 nitrogen and oxygen atoms in total. The van der Waals surface area contributed by atoms with Crippen molar-refractivity contribution in [1.82, 2.24) is 0 Å². The molecule has 0 radical (unpaired) electrons. The Morgan fingerprint density at radius 2 is 1.65 bits per heavy atom. The van der Waals surface area contributed by atoms with E-state index in [0.717, 1.165) is 4.90 Å². The first kappa shape index (κ1) is 18.2. The van der Waals surface area contributed by atoms with E-state index in [-0.39, 0.29) is 5.25 Å². The van der Waals surface area contributed by atoms with Gasteiger partial charge in [0.2, 0.25) is 0 Å². The Morgan fingerprint density at radius 3 is 2.27 bits per heavy atom. The molecule has 3 rings (SSSR count). The quantitative estimate of drug-likeness (QED) is 0.737. The molecule has 1 heterocycles. The summed E-state index contributed by atoms with van der Waals surface area (Å²) in [6.45, 7) is 3.91.